The van der Waals surface area contributed by atoms with Crippen LogP contribution in [-0.2, 0) is 25.5 Å². The highest BCUT2D eigenvalue weighted by molar-refractivity contribution is 8.77. The molecule has 0 bridgehead atoms. The number of carbonyl (C=O) groups excluding carboxylic acids is 3. The number of rotatable bonds is 7. The van der Waals surface area contributed by atoms with Crippen LogP contribution in [0.4, 0.5) is 0 Å². The SMILES string of the molecule is CC=C(CCO)C(=O)OC1(C)C(CO)C=C2CSSC3CC(C=O)C(NC)C4CN(C(=O)CC5=C(C=C(N)NC5)C2C12Cc1cc5ccc(=O)oc5cc1O2)C34. The molecule has 1 spiro atoms. The third-order valence-electron chi connectivity index (χ3n) is 13.0. The van der Waals surface area contributed by atoms with Gasteiger partial charge in [-0.05, 0) is 62.2 Å². The first-order valence-electron chi connectivity index (χ1n) is 19.2. The van der Waals surface area contributed by atoms with Crippen LogP contribution in [0.2, 0.25) is 0 Å². The van der Waals surface area contributed by atoms with Crippen molar-refractivity contribution in [2.75, 3.05) is 39.1 Å². The number of dihydropyridines is 1. The van der Waals surface area contributed by atoms with Crippen molar-refractivity contribution in [3.8, 4) is 5.75 Å². The molecule has 6 aliphatic rings. The molecular formula is C41H48N4O9S2. The fraction of sp³-hybridized carbons (Fsp3) is 0.512. The van der Waals surface area contributed by atoms with Crippen molar-refractivity contribution < 1.29 is 38.5 Å². The molecule has 1 aromatic heterocycles. The van der Waals surface area contributed by atoms with E-state index in [0.29, 0.717) is 47.8 Å². The summed E-state index contributed by atoms with van der Waals surface area (Å²) in [7, 11) is 5.22. The van der Waals surface area contributed by atoms with Gasteiger partial charge in [0.05, 0.1) is 30.8 Å². The van der Waals surface area contributed by atoms with E-state index in [2.05, 4.69) is 10.6 Å². The standard InChI is InChI=1S/C41H48N4O9S2/c1-4-21(7-8-46)39(51)54-40(2)27(19-48)10-26-20-55-56-32-11-25(18-47)37(43-3)29-17-45(38(29)32)34(49)12-24-16-44-33(42)13-28(24)36(26)41(40)15-23-9-22-5-6-35(50)52-30(22)14-31(23)53-41/h4-6,9-10,13-14,18,25,27,29,32,36-38,43-44,46,48H,7-8,11-12,15-17,19-20,42H2,1-3H3. The number of hydrogen-bond acceptors (Lipinski definition) is 14. The second-order valence-corrected chi connectivity index (χ2v) is 18.4. The first-order valence-corrected chi connectivity index (χ1v) is 21.6. The maximum atomic E-state index is 14.5. The largest absolute Gasteiger partial charge is 0.481 e. The number of nitrogens with zero attached hydrogens (tertiary/aromatic N) is 1. The zero-order chi connectivity index (χ0) is 39.5. The third-order valence-corrected chi connectivity index (χ3v) is 15.8. The second-order valence-electron chi connectivity index (χ2n) is 15.8. The van der Waals surface area contributed by atoms with Gasteiger partial charge in [0.25, 0.3) is 0 Å². The minimum atomic E-state index is -1.52. The summed E-state index contributed by atoms with van der Waals surface area (Å²) in [6, 6.07) is 6.63. The van der Waals surface area contributed by atoms with Crippen molar-refractivity contribution in [3.05, 3.63) is 86.6 Å². The minimum absolute atomic E-state index is 0.00701. The molecule has 15 heteroatoms. The first kappa shape index (κ1) is 38.8. The Kier molecular flexibility index (Phi) is 10.4. The number of esters is 1. The summed E-state index contributed by atoms with van der Waals surface area (Å²) in [6.07, 6.45) is 7.58. The van der Waals surface area contributed by atoms with E-state index >= 15 is 0 Å². The molecule has 1 amide bonds. The zero-order valence-corrected chi connectivity index (χ0v) is 33.3. The molecule has 8 rings (SSSR count). The van der Waals surface area contributed by atoms with Crippen LogP contribution in [0, 0.1) is 23.7 Å². The van der Waals surface area contributed by atoms with Crippen molar-refractivity contribution in [1.82, 2.24) is 15.5 Å². The van der Waals surface area contributed by atoms with E-state index < -0.39 is 34.6 Å². The second kappa shape index (κ2) is 15.1. The van der Waals surface area contributed by atoms with Gasteiger partial charge in [0.1, 0.15) is 17.6 Å². The van der Waals surface area contributed by atoms with E-state index in [-0.39, 0.29) is 73.1 Å². The molecular weight excluding hydrogens is 757 g/mol. The van der Waals surface area contributed by atoms with E-state index in [1.807, 2.05) is 30.2 Å². The van der Waals surface area contributed by atoms with Crippen molar-refractivity contribution in [2.45, 2.75) is 68.1 Å². The summed E-state index contributed by atoms with van der Waals surface area (Å²) in [6.45, 7) is 3.73. The van der Waals surface area contributed by atoms with E-state index in [4.69, 9.17) is 19.6 Å². The number of nitrogens with two attached hydrogens (primary N) is 1. The number of nitrogens with one attached hydrogen (secondary N) is 2. The molecule has 2 fully saturated rings. The van der Waals surface area contributed by atoms with Gasteiger partial charge in [-0.3, -0.25) is 4.79 Å². The van der Waals surface area contributed by atoms with Crippen LogP contribution >= 0.6 is 21.6 Å². The Hall–Kier alpha value is -4.02. The van der Waals surface area contributed by atoms with Crippen molar-refractivity contribution >= 4 is 50.7 Å². The number of aliphatic hydroxyl groups is 2. The number of ether oxygens (including phenoxy) is 2. The number of carbonyl (C=O) groups is 3. The van der Waals surface area contributed by atoms with Gasteiger partial charge in [-0.1, -0.05) is 39.3 Å². The summed E-state index contributed by atoms with van der Waals surface area (Å²) in [5.74, 6) is -0.683. The normalized spacial score (nSPS) is 33.9. The Labute approximate surface area is 332 Å². The van der Waals surface area contributed by atoms with Gasteiger partial charge in [0, 0.05) is 90.4 Å². The van der Waals surface area contributed by atoms with Crippen LogP contribution in [0.5, 0.6) is 5.75 Å². The molecule has 6 N–H and O–H groups in total. The number of benzene rings is 1. The summed E-state index contributed by atoms with van der Waals surface area (Å²) in [5.41, 5.74) is 7.06. The number of aldehydes is 1. The van der Waals surface area contributed by atoms with Crippen LogP contribution in [0.1, 0.15) is 38.7 Å². The van der Waals surface area contributed by atoms with Gasteiger partial charge >= 0.3 is 11.6 Å². The first-order chi connectivity index (χ1) is 27.0. The molecule has 2 aliphatic carbocycles. The summed E-state index contributed by atoms with van der Waals surface area (Å²) in [5, 5.41) is 28.4. The average molecular weight is 805 g/mol. The highest BCUT2D eigenvalue weighted by Gasteiger charge is 2.67. The fourth-order valence-electron chi connectivity index (χ4n) is 10.2. The predicted octanol–water partition coefficient (Wildman–Crippen LogP) is 2.75. The van der Waals surface area contributed by atoms with E-state index in [0.717, 1.165) is 28.6 Å². The lowest BCUT2D eigenvalue weighted by molar-refractivity contribution is -0.202. The Bertz CT molecular complexity index is 2150. The maximum Gasteiger partial charge on any atom is 0.336 e. The number of aliphatic hydroxyl groups excluding tert-OH is 2. The molecule has 1 aromatic carbocycles. The summed E-state index contributed by atoms with van der Waals surface area (Å²) < 4.78 is 19.4. The molecule has 0 radical (unpaired) electrons. The lowest BCUT2D eigenvalue weighted by Crippen LogP contribution is -2.71. The smallest absolute Gasteiger partial charge is 0.336 e. The van der Waals surface area contributed by atoms with E-state index in [9.17, 15) is 29.4 Å². The number of amides is 1. The van der Waals surface area contributed by atoms with Gasteiger partial charge in [0.2, 0.25) is 5.91 Å². The van der Waals surface area contributed by atoms with Crippen molar-refractivity contribution in [3.63, 3.8) is 0 Å². The van der Waals surface area contributed by atoms with Gasteiger partial charge < -0.3 is 50.2 Å². The van der Waals surface area contributed by atoms with Crippen LogP contribution in [0.15, 0.2) is 79.8 Å². The third kappa shape index (κ3) is 6.21. The molecule has 56 heavy (non-hydrogen) atoms. The van der Waals surface area contributed by atoms with Crippen LogP contribution in [0.3, 0.4) is 0 Å². The number of fused-ring (bicyclic) bond motifs is 5. The van der Waals surface area contributed by atoms with Crippen molar-refractivity contribution in [1.29, 1.82) is 0 Å². The highest BCUT2D eigenvalue weighted by atomic mass is 33.1. The highest BCUT2D eigenvalue weighted by Crippen LogP contribution is 2.59. The molecule has 2 aromatic rings. The van der Waals surface area contributed by atoms with Gasteiger partial charge in [-0.2, -0.15) is 0 Å². The van der Waals surface area contributed by atoms with Crippen LogP contribution < -0.4 is 26.7 Å². The van der Waals surface area contributed by atoms with Crippen molar-refractivity contribution in [2.24, 2.45) is 29.4 Å². The summed E-state index contributed by atoms with van der Waals surface area (Å²) in [4.78, 5) is 55.2. The maximum absolute atomic E-state index is 14.5. The van der Waals surface area contributed by atoms with E-state index in [1.165, 1.54) is 6.07 Å². The molecule has 9 unspecified atom stereocenters. The molecule has 9 atom stereocenters. The molecule has 4 aliphatic heterocycles. The summed E-state index contributed by atoms with van der Waals surface area (Å²) >= 11 is 0. The molecule has 298 valence electrons. The predicted molar refractivity (Wildman–Crippen MR) is 213 cm³/mol. The topological polar surface area (TPSA) is 194 Å². The molecule has 13 nitrogen and oxygen atoms in total. The van der Waals surface area contributed by atoms with Crippen LogP contribution in [0.25, 0.3) is 11.0 Å². The fourth-order valence-corrected chi connectivity index (χ4v) is 13.3. The Morgan fingerprint density at radius 2 is 2.07 bits per heavy atom. The minimum Gasteiger partial charge on any atom is -0.481 e. The van der Waals surface area contributed by atoms with Crippen LogP contribution in [-0.4, -0.2) is 101 Å². The van der Waals surface area contributed by atoms with Gasteiger partial charge in [-0.15, -0.1) is 0 Å². The lowest BCUT2D eigenvalue weighted by atomic mass is 9.57. The number of allylic oxidation sites excluding steroid dienone is 2. The Balaban J connectivity index is 1.31. The Morgan fingerprint density at radius 1 is 1.25 bits per heavy atom. The quantitative estimate of drug-likeness (QED) is 0.0685. The van der Waals surface area contributed by atoms with E-state index in [1.54, 1.807) is 53.6 Å². The van der Waals surface area contributed by atoms with Gasteiger partial charge in [-0.25, -0.2) is 9.59 Å². The molecule has 5 heterocycles. The molecule has 1 saturated carbocycles. The zero-order valence-electron chi connectivity index (χ0n) is 31.6. The van der Waals surface area contributed by atoms with Gasteiger partial charge in [0.15, 0.2) is 11.2 Å². The Morgan fingerprint density at radius 3 is 2.80 bits per heavy atom. The average Bonchev–Trinajstić information content (AvgIpc) is 3.53. The molecule has 1 saturated heterocycles. The monoisotopic (exact) mass is 804 g/mol. The number of hydrogen-bond donors (Lipinski definition) is 5. The lowest BCUT2D eigenvalue weighted by Gasteiger charge is -2.59.